The maximum absolute atomic E-state index is 12.8. The van der Waals surface area contributed by atoms with Crippen molar-refractivity contribution in [2.75, 3.05) is 31.1 Å². The van der Waals surface area contributed by atoms with Gasteiger partial charge in [0.15, 0.2) is 0 Å². The van der Waals surface area contributed by atoms with Crippen LogP contribution in [-0.2, 0) is 4.79 Å². The van der Waals surface area contributed by atoms with Crippen LogP contribution in [0.5, 0.6) is 0 Å². The third-order valence-electron chi connectivity index (χ3n) is 5.84. The second-order valence-corrected chi connectivity index (χ2v) is 8.23. The summed E-state index contributed by atoms with van der Waals surface area (Å²) in [5, 5.41) is 3.96. The van der Waals surface area contributed by atoms with Gasteiger partial charge in [0.2, 0.25) is 5.91 Å². The molecule has 2 heterocycles. The Hall–Kier alpha value is -2.08. The minimum absolute atomic E-state index is 0.00962. The SMILES string of the molecule is Cc1ccc(Cl)cc1N1CCC(CNC(=O)C2CNNC2c2ccccc2)C1. The molecule has 0 radical (unpaired) electrons. The molecule has 0 aromatic heterocycles. The molecule has 5 nitrogen and oxygen atoms in total. The molecule has 2 aromatic carbocycles. The number of hydrazine groups is 1. The number of anilines is 1. The molecule has 0 saturated carbocycles. The van der Waals surface area contributed by atoms with Crippen LogP contribution in [0.1, 0.15) is 23.6 Å². The lowest BCUT2D eigenvalue weighted by atomic mass is 9.94. The summed E-state index contributed by atoms with van der Waals surface area (Å²) in [4.78, 5) is 15.2. The van der Waals surface area contributed by atoms with Crippen LogP contribution in [0.15, 0.2) is 48.5 Å². The number of amides is 1. The predicted molar refractivity (Wildman–Crippen MR) is 113 cm³/mol. The Bertz CT molecular complexity index is 829. The third-order valence-corrected chi connectivity index (χ3v) is 6.08. The summed E-state index contributed by atoms with van der Waals surface area (Å²) in [5.74, 6) is 0.471. The van der Waals surface area contributed by atoms with E-state index in [4.69, 9.17) is 11.6 Å². The maximum atomic E-state index is 12.8. The van der Waals surface area contributed by atoms with Crippen LogP contribution < -0.4 is 21.1 Å². The third kappa shape index (κ3) is 4.17. The smallest absolute Gasteiger partial charge is 0.226 e. The van der Waals surface area contributed by atoms with E-state index in [0.717, 1.165) is 30.1 Å². The van der Waals surface area contributed by atoms with Crippen molar-refractivity contribution in [2.24, 2.45) is 11.8 Å². The summed E-state index contributed by atoms with van der Waals surface area (Å²) in [6.07, 6.45) is 1.08. The van der Waals surface area contributed by atoms with E-state index < -0.39 is 0 Å². The zero-order valence-electron chi connectivity index (χ0n) is 16.1. The molecule has 4 rings (SSSR count). The number of hydrogen-bond donors (Lipinski definition) is 3. The monoisotopic (exact) mass is 398 g/mol. The summed E-state index contributed by atoms with van der Waals surface area (Å²) in [6.45, 7) is 5.42. The highest BCUT2D eigenvalue weighted by atomic mass is 35.5. The molecule has 2 fully saturated rings. The van der Waals surface area contributed by atoms with Crippen LogP contribution in [0, 0.1) is 18.8 Å². The summed E-state index contributed by atoms with van der Waals surface area (Å²) >= 11 is 6.18. The summed E-state index contributed by atoms with van der Waals surface area (Å²) < 4.78 is 0. The van der Waals surface area contributed by atoms with Gasteiger partial charge in [-0.15, -0.1) is 0 Å². The minimum atomic E-state index is -0.102. The van der Waals surface area contributed by atoms with Crippen LogP contribution >= 0.6 is 11.6 Å². The molecular weight excluding hydrogens is 372 g/mol. The number of aryl methyl sites for hydroxylation is 1. The molecule has 148 valence electrons. The number of nitrogens with zero attached hydrogens (tertiary/aromatic N) is 1. The van der Waals surface area contributed by atoms with Gasteiger partial charge in [-0.1, -0.05) is 48.0 Å². The molecule has 0 spiro atoms. The summed E-state index contributed by atoms with van der Waals surface area (Å²) in [5.41, 5.74) is 9.96. The van der Waals surface area contributed by atoms with Crippen molar-refractivity contribution in [2.45, 2.75) is 19.4 Å². The van der Waals surface area contributed by atoms with E-state index in [1.807, 2.05) is 30.3 Å². The fourth-order valence-electron chi connectivity index (χ4n) is 4.23. The van der Waals surface area contributed by atoms with Crippen molar-refractivity contribution in [1.82, 2.24) is 16.2 Å². The molecule has 3 atom stereocenters. The van der Waals surface area contributed by atoms with Crippen LogP contribution in [0.25, 0.3) is 0 Å². The van der Waals surface area contributed by atoms with Gasteiger partial charge in [-0.2, -0.15) is 0 Å². The zero-order chi connectivity index (χ0) is 19.5. The van der Waals surface area contributed by atoms with Gasteiger partial charge in [-0.25, -0.2) is 5.43 Å². The Balaban J connectivity index is 1.32. The Morgan fingerprint density at radius 2 is 2.07 bits per heavy atom. The molecular formula is C22H27ClN4O. The highest BCUT2D eigenvalue weighted by Gasteiger charge is 2.34. The number of carbonyl (C=O) groups excluding carboxylic acids is 1. The highest BCUT2D eigenvalue weighted by Crippen LogP contribution is 2.29. The molecule has 3 N–H and O–H groups in total. The number of rotatable bonds is 5. The van der Waals surface area contributed by atoms with E-state index in [-0.39, 0.29) is 17.9 Å². The largest absolute Gasteiger partial charge is 0.371 e. The fraction of sp³-hybridized carbons (Fsp3) is 0.409. The molecule has 0 bridgehead atoms. The van der Waals surface area contributed by atoms with Gasteiger partial charge in [0, 0.05) is 36.9 Å². The molecule has 28 heavy (non-hydrogen) atoms. The molecule has 2 aliphatic rings. The van der Waals surface area contributed by atoms with E-state index in [0.29, 0.717) is 19.0 Å². The van der Waals surface area contributed by atoms with Gasteiger partial charge < -0.3 is 10.2 Å². The molecule has 2 aromatic rings. The Kier molecular flexibility index (Phi) is 5.85. The number of hydrogen-bond acceptors (Lipinski definition) is 4. The molecule has 6 heteroatoms. The van der Waals surface area contributed by atoms with E-state index in [1.54, 1.807) is 0 Å². The van der Waals surface area contributed by atoms with Crippen molar-refractivity contribution in [1.29, 1.82) is 0 Å². The van der Waals surface area contributed by atoms with Crippen LogP contribution in [0.2, 0.25) is 5.02 Å². The van der Waals surface area contributed by atoms with Gasteiger partial charge in [0.1, 0.15) is 0 Å². The first kappa shape index (κ1) is 19.2. The van der Waals surface area contributed by atoms with Crippen molar-refractivity contribution >= 4 is 23.2 Å². The lowest BCUT2D eigenvalue weighted by Gasteiger charge is -2.22. The van der Waals surface area contributed by atoms with Gasteiger partial charge in [0.05, 0.1) is 12.0 Å². The number of benzene rings is 2. The average molecular weight is 399 g/mol. The second-order valence-electron chi connectivity index (χ2n) is 7.80. The van der Waals surface area contributed by atoms with E-state index in [9.17, 15) is 4.79 Å². The van der Waals surface area contributed by atoms with Crippen molar-refractivity contribution in [3.63, 3.8) is 0 Å². The molecule has 0 aliphatic carbocycles. The van der Waals surface area contributed by atoms with Crippen molar-refractivity contribution < 1.29 is 4.79 Å². The normalized spacial score (nSPS) is 24.5. The van der Waals surface area contributed by atoms with Gasteiger partial charge in [-0.05, 0) is 42.5 Å². The van der Waals surface area contributed by atoms with E-state index in [2.05, 4.69) is 46.2 Å². The summed E-state index contributed by atoms with van der Waals surface area (Å²) in [6, 6.07) is 16.2. The fourth-order valence-corrected chi connectivity index (χ4v) is 4.40. The minimum Gasteiger partial charge on any atom is -0.371 e. The average Bonchev–Trinajstić information content (AvgIpc) is 3.38. The van der Waals surface area contributed by atoms with Gasteiger partial charge in [-0.3, -0.25) is 10.2 Å². The second kappa shape index (κ2) is 8.52. The first-order valence-corrected chi connectivity index (χ1v) is 10.3. The van der Waals surface area contributed by atoms with Crippen LogP contribution in [0.3, 0.4) is 0 Å². The van der Waals surface area contributed by atoms with Crippen molar-refractivity contribution in [3.8, 4) is 0 Å². The summed E-state index contributed by atoms with van der Waals surface area (Å²) in [7, 11) is 0. The first-order valence-electron chi connectivity index (χ1n) is 9.94. The lowest BCUT2D eigenvalue weighted by Crippen LogP contribution is -2.38. The molecule has 2 saturated heterocycles. The standard InChI is InChI=1S/C22H27ClN4O/c1-15-7-8-18(23)11-20(15)27-10-9-16(14-27)12-24-22(28)19-13-25-26-21(19)17-5-3-2-4-6-17/h2-8,11,16,19,21,25-26H,9-10,12-14H2,1H3,(H,24,28). The predicted octanol–water partition coefficient (Wildman–Crippen LogP) is 3.06. The van der Waals surface area contributed by atoms with Crippen molar-refractivity contribution in [3.05, 3.63) is 64.7 Å². The Labute approximate surface area is 171 Å². The van der Waals surface area contributed by atoms with Crippen LogP contribution in [0.4, 0.5) is 5.69 Å². The first-order chi connectivity index (χ1) is 13.6. The van der Waals surface area contributed by atoms with Gasteiger partial charge >= 0.3 is 0 Å². The van der Waals surface area contributed by atoms with E-state index >= 15 is 0 Å². The quantitative estimate of drug-likeness (QED) is 0.724. The van der Waals surface area contributed by atoms with E-state index in [1.165, 1.54) is 11.3 Å². The highest BCUT2D eigenvalue weighted by molar-refractivity contribution is 6.30. The Morgan fingerprint density at radius 1 is 1.25 bits per heavy atom. The number of nitrogens with one attached hydrogen (secondary N) is 3. The van der Waals surface area contributed by atoms with Crippen LogP contribution in [-0.4, -0.2) is 32.1 Å². The number of carbonyl (C=O) groups is 1. The molecule has 2 aliphatic heterocycles. The lowest BCUT2D eigenvalue weighted by molar-refractivity contribution is -0.125. The van der Waals surface area contributed by atoms with Gasteiger partial charge in [0.25, 0.3) is 0 Å². The topological polar surface area (TPSA) is 56.4 Å². The Morgan fingerprint density at radius 3 is 2.89 bits per heavy atom. The maximum Gasteiger partial charge on any atom is 0.226 e. The number of halogens is 1. The molecule has 1 amide bonds. The molecule has 3 unspecified atom stereocenters. The zero-order valence-corrected chi connectivity index (χ0v) is 16.9.